The summed E-state index contributed by atoms with van der Waals surface area (Å²) in [5.41, 5.74) is 0.890. The number of hydrogen-bond acceptors (Lipinski definition) is 4. The van der Waals surface area contributed by atoms with E-state index in [2.05, 4.69) is 19.0 Å². The zero-order chi connectivity index (χ0) is 12.7. The van der Waals surface area contributed by atoms with Crippen molar-refractivity contribution in [2.45, 2.75) is 58.7 Å². The third-order valence-electron chi connectivity index (χ3n) is 3.16. The summed E-state index contributed by atoms with van der Waals surface area (Å²) in [4.78, 5) is 0. The van der Waals surface area contributed by atoms with Crippen LogP contribution in [0.4, 0.5) is 0 Å². The first kappa shape index (κ1) is 14.5. The maximum Gasteiger partial charge on any atom is 0.166 e. The minimum atomic E-state index is -0.440. The lowest BCUT2D eigenvalue weighted by atomic mass is 9.94. The Morgan fingerprint density at radius 3 is 2.59 bits per heavy atom. The highest BCUT2D eigenvalue weighted by Crippen LogP contribution is 2.28. The van der Waals surface area contributed by atoms with E-state index in [1.165, 1.54) is 0 Å². The van der Waals surface area contributed by atoms with Crippen LogP contribution in [0.25, 0.3) is 0 Å². The van der Waals surface area contributed by atoms with Crippen LogP contribution in [0.15, 0.2) is 5.16 Å². The van der Waals surface area contributed by atoms with Gasteiger partial charge in [0.05, 0.1) is 18.9 Å². The molecule has 4 nitrogen and oxygen atoms in total. The fourth-order valence-corrected chi connectivity index (χ4v) is 2.36. The molecule has 0 amide bonds. The molecule has 1 heterocycles. The third kappa shape index (κ3) is 5.04. The fourth-order valence-electron chi connectivity index (χ4n) is 2.36. The van der Waals surface area contributed by atoms with E-state index in [9.17, 15) is 0 Å². The van der Waals surface area contributed by atoms with Crippen molar-refractivity contribution in [1.82, 2.24) is 0 Å². The molecule has 1 unspecified atom stereocenters. The predicted octanol–water partition coefficient (Wildman–Crippen LogP) is 3.19. The molecule has 17 heavy (non-hydrogen) atoms. The molecular formula is C13H25NO3. The Kier molecular flexibility index (Phi) is 5.92. The molecule has 0 aromatic carbocycles. The average Bonchev–Trinajstić information content (AvgIpc) is 2.70. The summed E-state index contributed by atoms with van der Waals surface area (Å²) in [6.45, 7) is 7.63. The highest BCUT2D eigenvalue weighted by atomic mass is 16.7. The van der Waals surface area contributed by atoms with Crippen LogP contribution in [0.1, 0.15) is 52.9 Å². The van der Waals surface area contributed by atoms with Gasteiger partial charge >= 0.3 is 0 Å². The van der Waals surface area contributed by atoms with Gasteiger partial charge in [0.1, 0.15) is 0 Å². The van der Waals surface area contributed by atoms with Gasteiger partial charge in [0.15, 0.2) is 5.79 Å². The quantitative estimate of drug-likeness (QED) is 0.424. The zero-order valence-electron chi connectivity index (χ0n) is 11.2. The van der Waals surface area contributed by atoms with Gasteiger partial charge in [-0.25, -0.2) is 0 Å². The summed E-state index contributed by atoms with van der Waals surface area (Å²) in [5.74, 6) is -0.0362. The van der Waals surface area contributed by atoms with Crippen molar-refractivity contribution in [2.75, 3.05) is 13.2 Å². The second-order valence-corrected chi connectivity index (χ2v) is 5.11. The van der Waals surface area contributed by atoms with Gasteiger partial charge in [-0.1, -0.05) is 25.4 Å². The minimum absolute atomic E-state index is 0.404. The maximum atomic E-state index is 8.95. The first-order valence-electron chi connectivity index (χ1n) is 6.57. The Labute approximate surface area is 104 Å². The largest absolute Gasteiger partial charge is 0.411 e. The van der Waals surface area contributed by atoms with E-state index >= 15 is 0 Å². The second kappa shape index (κ2) is 6.97. The lowest BCUT2D eigenvalue weighted by Gasteiger charge is -2.26. The molecule has 1 aliphatic heterocycles. The van der Waals surface area contributed by atoms with Gasteiger partial charge in [-0.3, -0.25) is 0 Å². The van der Waals surface area contributed by atoms with Crippen molar-refractivity contribution in [2.24, 2.45) is 11.1 Å². The molecule has 0 saturated carbocycles. The van der Waals surface area contributed by atoms with E-state index in [0.717, 1.165) is 37.8 Å². The normalized spacial score (nSPS) is 21.7. The number of ether oxygens (including phenoxy) is 2. The monoisotopic (exact) mass is 243 g/mol. The van der Waals surface area contributed by atoms with Gasteiger partial charge in [0.2, 0.25) is 0 Å². The van der Waals surface area contributed by atoms with Crippen LogP contribution in [0, 0.1) is 5.92 Å². The highest BCUT2D eigenvalue weighted by molar-refractivity contribution is 5.84. The molecule has 0 radical (unpaired) electrons. The molecule has 1 rings (SSSR count). The molecular weight excluding hydrogens is 218 g/mol. The van der Waals surface area contributed by atoms with Crippen molar-refractivity contribution < 1.29 is 14.7 Å². The molecule has 0 spiro atoms. The highest BCUT2D eigenvalue weighted by Gasteiger charge is 2.32. The van der Waals surface area contributed by atoms with Crippen molar-refractivity contribution in [1.29, 1.82) is 0 Å². The number of unbranched alkanes of at least 4 members (excludes halogenated alkanes) is 1. The minimum Gasteiger partial charge on any atom is -0.411 e. The maximum absolute atomic E-state index is 8.95. The van der Waals surface area contributed by atoms with E-state index < -0.39 is 5.79 Å². The Balaban J connectivity index is 2.34. The molecule has 1 N–H and O–H groups in total. The van der Waals surface area contributed by atoms with E-state index in [4.69, 9.17) is 14.7 Å². The van der Waals surface area contributed by atoms with Gasteiger partial charge in [0, 0.05) is 6.42 Å². The number of rotatable bonds is 7. The molecule has 1 atom stereocenters. The molecule has 1 fully saturated rings. The van der Waals surface area contributed by atoms with Crippen LogP contribution in [-0.4, -0.2) is 29.9 Å². The SMILES string of the molecule is CCCC/C(CC(C)CC1(C)OCCO1)=N/O. The van der Waals surface area contributed by atoms with Gasteiger partial charge < -0.3 is 14.7 Å². The van der Waals surface area contributed by atoms with Crippen LogP contribution in [-0.2, 0) is 9.47 Å². The molecule has 100 valence electrons. The summed E-state index contributed by atoms with van der Waals surface area (Å²) < 4.78 is 11.2. The van der Waals surface area contributed by atoms with Crippen LogP contribution in [0.3, 0.4) is 0 Å². The molecule has 0 aromatic heterocycles. The van der Waals surface area contributed by atoms with E-state index in [1.54, 1.807) is 0 Å². The number of nitrogens with zero attached hydrogens (tertiary/aromatic N) is 1. The van der Waals surface area contributed by atoms with Gasteiger partial charge in [0.25, 0.3) is 0 Å². The van der Waals surface area contributed by atoms with Gasteiger partial charge in [-0.15, -0.1) is 0 Å². The topological polar surface area (TPSA) is 51.0 Å². The summed E-state index contributed by atoms with van der Waals surface area (Å²) in [5, 5.41) is 12.3. The lowest BCUT2D eigenvalue weighted by molar-refractivity contribution is -0.153. The van der Waals surface area contributed by atoms with Crippen molar-refractivity contribution in [3.63, 3.8) is 0 Å². The van der Waals surface area contributed by atoms with Crippen LogP contribution < -0.4 is 0 Å². The van der Waals surface area contributed by atoms with Gasteiger partial charge in [-0.05, 0) is 32.1 Å². The molecule has 4 heteroatoms. The Hall–Kier alpha value is -0.610. The number of oxime groups is 1. The van der Waals surface area contributed by atoms with Gasteiger partial charge in [-0.2, -0.15) is 0 Å². The molecule has 0 aliphatic carbocycles. The Bertz CT molecular complexity index is 247. The second-order valence-electron chi connectivity index (χ2n) is 5.11. The van der Waals surface area contributed by atoms with E-state index in [0.29, 0.717) is 19.1 Å². The molecule has 1 saturated heterocycles. The molecule has 0 bridgehead atoms. The van der Waals surface area contributed by atoms with Crippen molar-refractivity contribution in [3.8, 4) is 0 Å². The Morgan fingerprint density at radius 1 is 1.41 bits per heavy atom. The lowest BCUT2D eigenvalue weighted by Crippen LogP contribution is -2.28. The molecule has 0 aromatic rings. The summed E-state index contributed by atoms with van der Waals surface area (Å²) in [6.07, 6.45) is 4.75. The number of hydrogen-bond donors (Lipinski definition) is 1. The summed E-state index contributed by atoms with van der Waals surface area (Å²) >= 11 is 0. The smallest absolute Gasteiger partial charge is 0.166 e. The molecule has 1 aliphatic rings. The summed E-state index contributed by atoms with van der Waals surface area (Å²) in [6, 6.07) is 0. The summed E-state index contributed by atoms with van der Waals surface area (Å²) in [7, 11) is 0. The average molecular weight is 243 g/mol. The van der Waals surface area contributed by atoms with E-state index in [1.807, 2.05) is 6.92 Å². The van der Waals surface area contributed by atoms with Crippen molar-refractivity contribution in [3.05, 3.63) is 0 Å². The van der Waals surface area contributed by atoms with Crippen molar-refractivity contribution >= 4 is 5.71 Å². The fraction of sp³-hybridized carbons (Fsp3) is 0.923. The van der Waals surface area contributed by atoms with E-state index in [-0.39, 0.29) is 0 Å². The van der Waals surface area contributed by atoms with Crippen LogP contribution in [0.2, 0.25) is 0 Å². The first-order chi connectivity index (χ1) is 8.09. The Morgan fingerprint density at radius 2 is 2.06 bits per heavy atom. The standard InChI is InChI=1S/C13H25NO3/c1-4-5-6-12(14-15)9-11(2)10-13(3)16-7-8-17-13/h11,15H,4-10H2,1-3H3/b14-12-. The first-order valence-corrected chi connectivity index (χ1v) is 6.57. The third-order valence-corrected chi connectivity index (χ3v) is 3.16. The predicted molar refractivity (Wildman–Crippen MR) is 67.5 cm³/mol. The zero-order valence-corrected chi connectivity index (χ0v) is 11.2. The van der Waals surface area contributed by atoms with Crippen LogP contribution >= 0.6 is 0 Å². The van der Waals surface area contributed by atoms with Crippen LogP contribution in [0.5, 0.6) is 0 Å².